The standard InChI is InChI=1S/C21H24N2O4S2/c1-13-5-6-19(29(4,26)27)17(10-13)21(25)23-12-28-11-18(23)20(24)22-16-8-14(2)7-15(3)9-16/h5-10,18H,11-12H2,1-4H3,(H,22,24). The zero-order valence-corrected chi connectivity index (χ0v) is 18.5. The summed E-state index contributed by atoms with van der Waals surface area (Å²) in [6.45, 7) is 5.70. The molecule has 1 aliphatic rings. The summed E-state index contributed by atoms with van der Waals surface area (Å²) in [5.74, 6) is 0.0742. The molecule has 2 amide bonds. The molecule has 29 heavy (non-hydrogen) atoms. The Balaban J connectivity index is 1.88. The van der Waals surface area contributed by atoms with E-state index in [1.165, 1.54) is 22.7 Å². The Labute approximate surface area is 175 Å². The molecule has 0 radical (unpaired) electrons. The van der Waals surface area contributed by atoms with Crippen molar-refractivity contribution >= 4 is 39.1 Å². The first-order valence-electron chi connectivity index (χ1n) is 9.15. The molecule has 0 aliphatic carbocycles. The van der Waals surface area contributed by atoms with Crippen LogP contribution < -0.4 is 5.32 Å². The third-order valence-corrected chi connectivity index (χ3v) is 6.87. The van der Waals surface area contributed by atoms with Crippen LogP contribution in [0.1, 0.15) is 27.0 Å². The van der Waals surface area contributed by atoms with E-state index in [9.17, 15) is 18.0 Å². The van der Waals surface area contributed by atoms with Crippen molar-refractivity contribution in [2.24, 2.45) is 0 Å². The van der Waals surface area contributed by atoms with Gasteiger partial charge in [0, 0.05) is 17.7 Å². The zero-order valence-electron chi connectivity index (χ0n) is 16.9. The summed E-state index contributed by atoms with van der Waals surface area (Å²) >= 11 is 1.47. The summed E-state index contributed by atoms with van der Waals surface area (Å²) in [6.07, 6.45) is 1.08. The van der Waals surface area contributed by atoms with Crippen LogP contribution >= 0.6 is 11.8 Å². The van der Waals surface area contributed by atoms with E-state index in [-0.39, 0.29) is 16.4 Å². The van der Waals surface area contributed by atoms with Gasteiger partial charge in [0.1, 0.15) is 6.04 Å². The van der Waals surface area contributed by atoms with Crippen LogP contribution in [-0.4, -0.2) is 49.1 Å². The number of carbonyl (C=O) groups is 2. The predicted octanol–water partition coefficient (Wildman–Crippen LogP) is 3.17. The maximum atomic E-state index is 13.2. The first-order chi connectivity index (χ1) is 13.6. The number of nitrogens with zero attached hydrogens (tertiary/aromatic N) is 1. The third-order valence-electron chi connectivity index (χ3n) is 4.70. The molecule has 2 aromatic carbocycles. The fraction of sp³-hybridized carbons (Fsp3) is 0.333. The molecular weight excluding hydrogens is 408 g/mol. The molecule has 1 saturated heterocycles. The lowest BCUT2D eigenvalue weighted by Crippen LogP contribution is -2.44. The van der Waals surface area contributed by atoms with Crippen molar-refractivity contribution in [3.05, 3.63) is 58.7 Å². The van der Waals surface area contributed by atoms with Gasteiger partial charge in [0.15, 0.2) is 9.84 Å². The summed E-state index contributed by atoms with van der Waals surface area (Å²) in [7, 11) is -3.58. The number of hydrogen-bond donors (Lipinski definition) is 1. The Bertz CT molecular complexity index is 1060. The summed E-state index contributed by atoms with van der Waals surface area (Å²) in [5, 5.41) is 2.89. The molecule has 0 spiro atoms. The van der Waals surface area contributed by atoms with Crippen molar-refractivity contribution in [2.45, 2.75) is 31.7 Å². The number of thioether (sulfide) groups is 1. The fourth-order valence-corrected chi connectivity index (χ4v) is 5.44. The van der Waals surface area contributed by atoms with Crippen LogP contribution in [0.5, 0.6) is 0 Å². The van der Waals surface area contributed by atoms with E-state index in [4.69, 9.17) is 0 Å². The second-order valence-electron chi connectivity index (χ2n) is 7.43. The van der Waals surface area contributed by atoms with Gasteiger partial charge in [-0.3, -0.25) is 9.59 Å². The fourth-order valence-electron chi connectivity index (χ4n) is 3.42. The lowest BCUT2D eigenvalue weighted by molar-refractivity contribution is -0.119. The molecule has 0 bridgehead atoms. The van der Waals surface area contributed by atoms with Crippen LogP contribution in [0.2, 0.25) is 0 Å². The molecule has 3 rings (SSSR count). The molecule has 8 heteroatoms. The molecule has 2 aromatic rings. The van der Waals surface area contributed by atoms with Gasteiger partial charge in [-0.25, -0.2) is 8.42 Å². The topological polar surface area (TPSA) is 83.6 Å². The number of benzene rings is 2. The largest absolute Gasteiger partial charge is 0.324 e. The molecule has 1 unspecified atom stereocenters. The maximum Gasteiger partial charge on any atom is 0.256 e. The number of anilines is 1. The molecule has 154 valence electrons. The van der Waals surface area contributed by atoms with Gasteiger partial charge in [-0.05, 0) is 56.2 Å². The minimum Gasteiger partial charge on any atom is -0.324 e. The molecule has 1 N–H and O–H groups in total. The predicted molar refractivity (Wildman–Crippen MR) is 116 cm³/mol. The second kappa shape index (κ2) is 8.20. The molecule has 0 saturated carbocycles. The van der Waals surface area contributed by atoms with Crippen molar-refractivity contribution in [3.8, 4) is 0 Å². The quantitative estimate of drug-likeness (QED) is 0.802. The molecule has 6 nitrogen and oxygen atoms in total. The highest BCUT2D eigenvalue weighted by Crippen LogP contribution is 2.27. The van der Waals surface area contributed by atoms with E-state index >= 15 is 0 Å². The summed E-state index contributed by atoms with van der Waals surface area (Å²) in [5.41, 5.74) is 3.64. The van der Waals surface area contributed by atoms with Crippen LogP contribution in [0.15, 0.2) is 41.3 Å². The molecule has 1 atom stereocenters. The first-order valence-corrected chi connectivity index (χ1v) is 12.2. The van der Waals surface area contributed by atoms with Crippen LogP contribution in [0.4, 0.5) is 5.69 Å². The van der Waals surface area contributed by atoms with Crippen molar-refractivity contribution in [1.82, 2.24) is 4.90 Å². The van der Waals surface area contributed by atoms with Crippen molar-refractivity contribution < 1.29 is 18.0 Å². The summed E-state index contributed by atoms with van der Waals surface area (Å²) < 4.78 is 24.3. The highest BCUT2D eigenvalue weighted by atomic mass is 32.2. The Hall–Kier alpha value is -2.32. The molecule has 1 fully saturated rings. The third kappa shape index (κ3) is 4.82. The summed E-state index contributed by atoms with van der Waals surface area (Å²) in [6, 6.07) is 9.79. The lowest BCUT2D eigenvalue weighted by atomic mass is 10.1. The first kappa shape index (κ1) is 21.4. The van der Waals surface area contributed by atoms with Gasteiger partial charge in [-0.1, -0.05) is 17.7 Å². The normalized spacial score (nSPS) is 16.7. The number of hydrogen-bond acceptors (Lipinski definition) is 5. The van der Waals surface area contributed by atoms with Crippen molar-refractivity contribution in [3.63, 3.8) is 0 Å². The minimum absolute atomic E-state index is 0.0153. The van der Waals surface area contributed by atoms with Crippen molar-refractivity contribution in [1.29, 1.82) is 0 Å². The van der Waals surface area contributed by atoms with Gasteiger partial charge in [0.25, 0.3) is 5.91 Å². The monoisotopic (exact) mass is 432 g/mol. The number of rotatable bonds is 4. The van der Waals surface area contributed by atoms with E-state index in [1.807, 2.05) is 32.0 Å². The van der Waals surface area contributed by atoms with Crippen LogP contribution in [-0.2, 0) is 14.6 Å². The van der Waals surface area contributed by atoms with E-state index in [0.717, 1.165) is 22.9 Å². The Kier molecular flexibility index (Phi) is 6.05. The van der Waals surface area contributed by atoms with E-state index in [0.29, 0.717) is 17.3 Å². The number of aryl methyl sites for hydroxylation is 3. The Morgan fingerprint density at radius 3 is 2.31 bits per heavy atom. The highest BCUT2D eigenvalue weighted by molar-refractivity contribution is 7.99. The molecular formula is C21H24N2O4S2. The molecule has 0 aromatic heterocycles. The van der Waals surface area contributed by atoms with Crippen LogP contribution in [0, 0.1) is 20.8 Å². The average molecular weight is 433 g/mol. The van der Waals surface area contributed by atoms with Crippen LogP contribution in [0.3, 0.4) is 0 Å². The van der Waals surface area contributed by atoms with Gasteiger partial charge in [-0.15, -0.1) is 11.8 Å². The van der Waals surface area contributed by atoms with E-state index < -0.39 is 21.8 Å². The minimum atomic E-state index is -3.58. The lowest BCUT2D eigenvalue weighted by Gasteiger charge is -2.24. The number of nitrogens with one attached hydrogen (secondary N) is 1. The van der Waals surface area contributed by atoms with Gasteiger partial charge < -0.3 is 10.2 Å². The maximum absolute atomic E-state index is 13.2. The number of carbonyl (C=O) groups excluding carboxylic acids is 2. The summed E-state index contributed by atoms with van der Waals surface area (Å²) in [4.78, 5) is 27.5. The highest BCUT2D eigenvalue weighted by Gasteiger charge is 2.36. The van der Waals surface area contributed by atoms with Gasteiger partial charge >= 0.3 is 0 Å². The Morgan fingerprint density at radius 1 is 1.03 bits per heavy atom. The van der Waals surface area contributed by atoms with Gasteiger partial charge in [0.2, 0.25) is 5.91 Å². The average Bonchev–Trinajstić information content (AvgIpc) is 3.08. The molecule has 1 heterocycles. The molecule has 1 aliphatic heterocycles. The zero-order chi connectivity index (χ0) is 21.3. The van der Waals surface area contributed by atoms with E-state index in [1.54, 1.807) is 19.1 Å². The van der Waals surface area contributed by atoms with Crippen LogP contribution in [0.25, 0.3) is 0 Å². The van der Waals surface area contributed by atoms with Gasteiger partial charge in [-0.2, -0.15) is 0 Å². The SMILES string of the molecule is Cc1cc(C)cc(NC(=O)C2CSCN2C(=O)c2cc(C)ccc2S(C)(=O)=O)c1. The van der Waals surface area contributed by atoms with E-state index in [2.05, 4.69) is 5.32 Å². The van der Waals surface area contributed by atoms with Crippen molar-refractivity contribution in [2.75, 3.05) is 23.2 Å². The smallest absolute Gasteiger partial charge is 0.256 e. The number of amides is 2. The number of sulfone groups is 1. The Morgan fingerprint density at radius 2 is 1.69 bits per heavy atom. The van der Waals surface area contributed by atoms with Gasteiger partial charge in [0.05, 0.1) is 16.3 Å². The second-order valence-corrected chi connectivity index (χ2v) is 10.4.